The van der Waals surface area contributed by atoms with Crippen LogP contribution in [0.25, 0.3) is 11.0 Å². The van der Waals surface area contributed by atoms with Crippen LogP contribution in [0.1, 0.15) is 26.3 Å². The molecule has 0 saturated heterocycles. The molecule has 1 heterocycles. The molecule has 0 bridgehead atoms. The van der Waals surface area contributed by atoms with Gasteiger partial charge in [0.1, 0.15) is 0 Å². The number of halogens is 1. The number of fused-ring (bicyclic) bond motifs is 1. The van der Waals surface area contributed by atoms with Gasteiger partial charge < -0.3 is 19.8 Å². The molecule has 2 aromatic rings. The Morgan fingerprint density at radius 1 is 1.38 bits per heavy atom. The lowest BCUT2D eigenvalue weighted by molar-refractivity contribution is -0.110. The van der Waals surface area contributed by atoms with Crippen LogP contribution in [-0.4, -0.2) is 29.9 Å². The predicted octanol–water partition coefficient (Wildman–Crippen LogP) is 2.75. The van der Waals surface area contributed by atoms with Gasteiger partial charge in [-0.25, -0.2) is 9.37 Å². The average molecular weight is 293 g/mol. The summed E-state index contributed by atoms with van der Waals surface area (Å²) in [5.41, 5.74) is 7.34. The van der Waals surface area contributed by atoms with Crippen molar-refractivity contribution in [3.05, 3.63) is 17.9 Å². The van der Waals surface area contributed by atoms with Gasteiger partial charge >= 0.3 is 0 Å². The largest absolute Gasteiger partial charge is 0.494 e. The fourth-order valence-corrected chi connectivity index (χ4v) is 3.30. The summed E-state index contributed by atoms with van der Waals surface area (Å²) in [7, 11) is 3.17. The van der Waals surface area contributed by atoms with E-state index in [2.05, 4.69) is 18.8 Å². The molecular weight excluding hydrogens is 273 g/mol. The van der Waals surface area contributed by atoms with Gasteiger partial charge in [-0.05, 0) is 6.42 Å². The van der Waals surface area contributed by atoms with Crippen LogP contribution in [0.15, 0.2) is 12.1 Å². The highest BCUT2D eigenvalue weighted by molar-refractivity contribution is 5.80. The van der Waals surface area contributed by atoms with Gasteiger partial charge in [0.15, 0.2) is 11.6 Å². The van der Waals surface area contributed by atoms with Crippen molar-refractivity contribution < 1.29 is 13.9 Å². The molecule has 1 saturated carbocycles. The Morgan fingerprint density at radius 3 is 2.67 bits per heavy atom. The Hall–Kier alpha value is -1.82. The van der Waals surface area contributed by atoms with Crippen LogP contribution in [0.2, 0.25) is 0 Å². The number of ether oxygens (including phenoxy) is 2. The molecular formula is C15H20FN3O2. The van der Waals surface area contributed by atoms with Gasteiger partial charge in [0, 0.05) is 30.7 Å². The number of nitrogens with zero attached hydrogens (tertiary/aromatic N) is 2. The smallest absolute Gasteiger partial charge is 0.201 e. The van der Waals surface area contributed by atoms with Gasteiger partial charge in [-0.2, -0.15) is 0 Å². The predicted molar refractivity (Wildman–Crippen MR) is 78.9 cm³/mol. The second kappa shape index (κ2) is 4.59. The first-order valence-electron chi connectivity index (χ1n) is 6.94. The molecule has 5 nitrogen and oxygen atoms in total. The van der Waals surface area contributed by atoms with Gasteiger partial charge in [0.05, 0.1) is 24.2 Å². The van der Waals surface area contributed by atoms with Crippen LogP contribution < -0.4 is 10.5 Å². The summed E-state index contributed by atoms with van der Waals surface area (Å²) in [6.45, 7) is 4.28. The summed E-state index contributed by atoms with van der Waals surface area (Å²) in [6, 6.07) is 3.19. The van der Waals surface area contributed by atoms with Crippen molar-refractivity contribution in [2.75, 3.05) is 20.0 Å². The number of methoxy groups -OCH3 is 2. The standard InChI is InChI=1S/C15H20FN3O2/c1-15(2)12(7-13(15)21-4)19-10-6-11(20-3)8(16)5-9(10)18-14(19)17/h5-6,12-13H,7H2,1-4H3,(H2,17,18). The summed E-state index contributed by atoms with van der Waals surface area (Å²) in [6.07, 6.45) is 1.04. The van der Waals surface area contributed by atoms with E-state index < -0.39 is 5.82 Å². The monoisotopic (exact) mass is 293 g/mol. The van der Waals surface area contributed by atoms with Crippen LogP contribution in [0.3, 0.4) is 0 Å². The number of aromatic nitrogens is 2. The molecule has 0 aliphatic heterocycles. The van der Waals surface area contributed by atoms with Crippen molar-refractivity contribution in [1.29, 1.82) is 0 Å². The van der Waals surface area contributed by atoms with E-state index in [4.69, 9.17) is 15.2 Å². The summed E-state index contributed by atoms with van der Waals surface area (Å²) in [5.74, 6) is 0.159. The number of imidazole rings is 1. The zero-order valence-electron chi connectivity index (χ0n) is 12.7. The number of rotatable bonds is 3. The highest BCUT2D eigenvalue weighted by Gasteiger charge is 2.50. The van der Waals surface area contributed by atoms with Gasteiger partial charge in [0.2, 0.25) is 5.95 Å². The van der Waals surface area contributed by atoms with E-state index >= 15 is 0 Å². The topological polar surface area (TPSA) is 62.3 Å². The normalized spacial score (nSPS) is 24.0. The fraction of sp³-hybridized carbons (Fsp3) is 0.533. The summed E-state index contributed by atoms with van der Waals surface area (Å²) in [5, 5.41) is 0. The molecule has 2 atom stereocenters. The lowest BCUT2D eigenvalue weighted by atomic mass is 9.64. The van der Waals surface area contributed by atoms with Crippen LogP contribution >= 0.6 is 0 Å². The molecule has 2 N–H and O–H groups in total. The minimum Gasteiger partial charge on any atom is -0.494 e. The molecule has 2 unspecified atom stereocenters. The summed E-state index contributed by atoms with van der Waals surface area (Å²) >= 11 is 0. The Morgan fingerprint density at radius 2 is 2.10 bits per heavy atom. The van der Waals surface area contributed by atoms with Crippen molar-refractivity contribution in [2.45, 2.75) is 32.4 Å². The third kappa shape index (κ3) is 1.89. The van der Waals surface area contributed by atoms with Crippen molar-refractivity contribution in [2.24, 2.45) is 5.41 Å². The number of nitrogens with two attached hydrogens (primary N) is 1. The van der Waals surface area contributed by atoms with Crippen LogP contribution in [0.5, 0.6) is 5.75 Å². The molecule has 0 amide bonds. The van der Waals surface area contributed by atoms with E-state index in [1.807, 2.05) is 4.57 Å². The maximum atomic E-state index is 13.8. The molecule has 0 radical (unpaired) electrons. The highest BCUT2D eigenvalue weighted by atomic mass is 19.1. The zero-order valence-corrected chi connectivity index (χ0v) is 12.7. The molecule has 1 aromatic heterocycles. The molecule has 114 valence electrons. The quantitative estimate of drug-likeness (QED) is 0.945. The van der Waals surface area contributed by atoms with Crippen molar-refractivity contribution in [1.82, 2.24) is 9.55 Å². The number of hydrogen-bond donors (Lipinski definition) is 1. The maximum Gasteiger partial charge on any atom is 0.201 e. The second-order valence-electron chi connectivity index (χ2n) is 6.11. The second-order valence-corrected chi connectivity index (χ2v) is 6.11. The molecule has 1 aliphatic rings. The molecule has 3 rings (SSSR count). The molecule has 1 aliphatic carbocycles. The number of anilines is 1. The van der Waals surface area contributed by atoms with Gasteiger partial charge in [-0.1, -0.05) is 13.8 Å². The lowest BCUT2D eigenvalue weighted by Gasteiger charge is -2.51. The van der Waals surface area contributed by atoms with E-state index in [1.165, 1.54) is 13.2 Å². The van der Waals surface area contributed by atoms with E-state index in [9.17, 15) is 4.39 Å². The molecule has 0 spiro atoms. The van der Waals surface area contributed by atoms with E-state index in [1.54, 1.807) is 13.2 Å². The van der Waals surface area contributed by atoms with E-state index in [0.717, 1.165) is 11.9 Å². The summed E-state index contributed by atoms with van der Waals surface area (Å²) in [4.78, 5) is 4.27. The minimum atomic E-state index is -0.433. The van der Waals surface area contributed by atoms with Gasteiger partial charge in [-0.3, -0.25) is 0 Å². The van der Waals surface area contributed by atoms with Crippen molar-refractivity contribution in [3.63, 3.8) is 0 Å². The van der Waals surface area contributed by atoms with Crippen LogP contribution in [0, 0.1) is 11.2 Å². The number of benzene rings is 1. The Balaban J connectivity index is 2.13. The van der Waals surface area contributed by atoms with E-state index in [0.29, 0.717) is 11.5 Å². The third-order valence-electron chi connectivity index (χ3n) is 4.71. The van der Waals surface area contributed by atoms with Gasteiger partial charge in [0.25, 0.3) is 0 Å². The Labute approximate surface area is 122 Å². The molecule has 1 fully saturated rings. The number of hydrogen-bond acceptors (Lipinski definition) is 4. The zero-order chi connectivity index (χ0) is 15.4. The van der Waals surface area contributed by atoms with Gasteiger partial charge in [-0.15, -0.1) is 0 Å². The SMILES string of the molecule is COc1cc2c(cc1F)nc(N)n2C1CC(OC)C1(C)C. The highest BCUT2D eigenvalue weighted by Crippen LogP contribution is 2.52. The Kier molecular flexibility index (Phi) is 3.09. The molecule has 1 aromatic carbocycles. The molecule has 6 heteroatoms. The number of nitrogen functional groups attached to an aromatic ring is 1. The maximum absolute atomic E-state index is 13.8. The van der Waals surface area contributed by atoms with Crippen molar-refractivity contribution in [3.8, 4) is 5.75 Å². The van der Waals surface area contributed by atoms with E-state index in [-0.39, 0.29) is 23.3 Å². The fourth-order valence-electron chi connectivity index (χ4n) is 3.30. The molecule has 21 heavy (non-hydrogen) atoms. The summed E-state index contributed by atoms with van der Waals surface area (Å²) < 4.78 is 26.3. The van der Waals surface area contributed by atoms with Crippen molar-refractivity contribution >= 4 is 17.0 Å². The first kappa shape index (κ1) is 14.1. The third-order valence-corrected chi connectivity index (χ3v) is 4.71. The first-order valence-corrected chi connectivity index (χ1v) is 6.94. The minimum absolute atomic E-state index is 0.0574. The average Bonchev–Trinajstić information content (AvgIpc) is 2.72. The van der Waals surface area contributed by atoms with Crippen LogP contribution in [-0.2, 0) is 4.74 Å². The Bertz CT molecular complexity index is 696. The first-order chi connectivity index (χ1) is 9.90. The van der Waals surface area contributed by atoms with Crippen LogP contribution in [0.4, 0.5) is 10.3 Å². The lowest BCUT2D eigenvalue weighted by Crippen LogP contribution is -2.51.